The molecular weight excluding hydrogens is 535 g/mol. The number of rotatable bonds is 0. The molecule has 0 aliphatic heterocycles. The minimum atomic E-state index is -1.85. The van der Waals surface area contributed by atoms with Gasteiger partial charge in [0.1, 0.15) is 0 Å². The predicted molar refractivity (Wildman–Crippen MR) is 58.2 cm³/mol. The molecule has 1 aliphatic rings. The van der Waals surface area contributed by atoms with E-state index >= 15 is 0 Å². The molecule has 1 aliphatic carbocycles. The van der Waals surface area contributed by atoms with Crippen LogP contribution in [0.4, 0.5) is 0 Å². The van der Waals surface area contributed by atoms with Crippen molar-refractivity contribution in [2.45, 2.75) is 31.7 Å². The van der Waals surface area contributed by atoms with Gasteiger partial charge < -0.3 is 52.0 Å². The summed E-state index contributed by atoms with van der Waals surface area (Å²) in [5, 5.41) is 35.8. The van der Waals surface area contributed by atoms with Gasteiger partial charge in [-0.25, -0.2) is 25.2 Å². The molecule has 0 aromatic rings. The van der Waals surface area contributed by atoms with Gasteiger partial charge in [0.05, 0.1) is 0 Å². The van der Waals surface area contributed by atoms with E-state index in [4.69, 9.17) is 32.5 Å². The van der Waals surface area contributed by atoms with Crippen molar-refractivity contribution in [2.75, 3.05) is 0 Å². The molecule has 14 nitrogen and oxygen atoms in total. The normalized spacial score (nSPS) is 15.5. The van der Waals surface area contributed by atoms with Crippen LogP contribution in [0.3, 0.4) is 0 Å². The Balaban J connectivity index is -0.000000285. The Bertz CT molecular complexity index is 355. The molecular formula is C10H13N2O12Pt-. The summed E-state index contributed by atoms with van der Waals surface area (Å²) in [7, 11) is 0. The Labute approximate surface area is 154 Å². The quantitative estimate of drug-likeness (QED) is 0.124. The first kappa shape index (κ1) is 28.1. The Kier molecular flexibility index (Phi) is 19.3. The first-order valence-corrected chi connectivity index (χ1v) is 5.97. The Morgan fingerprint density at radius 3 is 1.28 bits per heavy atom. The summed E-state index contributed by atoms with van der Waals surface area (Å²) < 4.78 is 0. The molecule has 25 heavy (non-hydrogen) atoms. The summed E-state index contributed by atoms with van der Waals surface area (Å²) >= 11 is 0. The topological polar surface area (TPSA) is 249 Å². The van der Waals surface area contributed by atoms with E-state index in [1.165, 1.54) is 12.8 Å². The maximum Gasteiger partial charge on any atom is 4.00 e. The molecule has 0 amide bonds. The van der Waals surface area contributed by atoms with E-state index in [1.54, 1.807) is 0 Å². The van der Waals surface area contributed by atoms with Gasteiger partial charge >= 0.3 is 44.9 Å². The van der Waals surface area contributed by atoms with Crippen molar-refractivity contribution >= 4 is 23.9 Å². The van der Waals surface area contributed by atoms with E-state index in [2.05, 4.69) is 19.6 Å². The summed E-state index contributed by atoms with van der Waals surface area (Å²) in [5.41, 5.74) is 11.2. The van der Waals surface area contributed by atoms with Crippen molar-refractivity contribution in [3.05, 3.63) is 6.04 Å². The maximum atomic E-state index is 9.53. The molecule has 0 radical (unpaired) electrons. The first-order valence-electron chi connectivity index (χ1n) is 5.97. The van der Waals surface area contributed by atoms with Gasteiger partial charge in [0.25, 0.3) is 0 Å². The average Bonchev–Trinajstić information content (AvgIpc) is 2.62. The molecule has 0 unspecified atom stereocenters. The molecule has 0 aromatic carbocycles. The summed E-state index contributed by atoms with van der Waals surface area (Å²) in [4.78, 5) is 48.3. The van der Waals surface area contributed by atoms with Crippen molar-refractivity contribution in [3.8, 4) is 0 Å². The molecule has 1 fully saturated rings. The Morgan fingerprint density at radius 2 is 1.12 bits per heavy atom. The van der Waals surface area contributed by atoms with Crippen LogP contribution in [0.2, 0.25) is 0 Å². The zero-order valence-electron chi connectivity index (χ0n) is 12.3. The van der Waals surface area contributed by atoms with Crippen molar-refractivity contribution in [1.82, 2.24) is 0 Å². The van der Waals surface area contributed by atoms with Gasteiger partial charge in [0, 0.05) is 0 Å². The number of nitrogens with two attached hydrogens (primary N) is 2. The monoisotopic (exact) mass is 548 g/mol. The fourth-order valence-corrected chi connectivity index (χ4v) is 1.20. The molecule has 0 spiro atoms. The van der Waals surface area contributed by atoms with Crippen LogP contribution in [0, 0.1) is 6.04 Å². The Hall–Kier alpha value is -1.67. The van der Waals surface area contributed by atoms with Crippen LogP contribution in [0.15, 0.2) is 0 Å². The summed E-state index contributed by atoms with van der Waals surface area (Å²) in [5.74, 6) is -7.39. The van der Waals surface area contributed by atoms with Gasteiger partial charge in [-0.1, -0.05) is 19.3 Å². The van der Waals surface area contributed by atoms with Gasteiger partial charge in [-0.2, -0.15) is 6.42 Å². The van der Waals surface area contributed by atoms with Crippen molar-refractivity contribution < 1.29 is 80.8 Å². The minimum absolute atomic E-state index is 0. The van der Waals surface area contributed by atoms with Crippen LogP contribution in [0.1, 0.15) is 25.7 Å². The molecule has 1 atom stereocenters. The number of carbonyl (C=O) groups is 4. The van der Waals surface area contributed by atoms with Crippen molar-refractivity contribution in [2.24, 2.45) is 11.5 Å². The standard InChI is InChI=1S/C6H13N2.2C2H2O6.Pt/c7-5-3-1-2-4-6(5)8;2*3-1(7-5)2(4)8-6;/h5H,1-4,7-8H2;2*5-6H;/q-1;;;+4/p-4/t5-;;;/m1.../s1. The third kappa shape index (κ3) is 14.4. The second kappa shape index (κ2) is 17.2. The zero-order chi connectivity index (χ0) is 19.1. The van der Waals surface area contributed by atoms with Gasteiger partial charge in [0.2, 0.25) is 0 Å². The molecule has 0 heterocycles. The number of hydrogen-bond acceptors (Lipinski definition) is 14. The van der Waals surface area contributed by atoms with E-state index in [1.807, 2.05) is 0 Å². The largest absolute Gasteiger partial charge is 4.00 e. The van der Waals surface area contributed by atoms with Gasteiger partial charge in [-0.15, -0.1) is 6.04 Å². The summed E-state index contributed by atoms with van der Waals surface area (Å²) in [6, 6.07) is 1.19. The van der Waals surface area contributed by atoms with Gasteiger partial charge in [-0.05, 0) is 0 Å². The van der Waals surface area contributed by atoms with E-state index in [0.29, 0.717) is 0 Å². The molecule has 146 valence electrons. The van der Waals surface area contributed by atoms with Crippen LogP contribution >= 0.6 is 0 Å². The van der Waals surface area contributed by atoms with Crippen molar-refractivity contribution in [1.29, 1.82) is 0 Å². The second-order valence-corrected chi connectivity index (χ2v) is 3.91. The van der Waals surface area contributed by atoms with E-state index in [-0.39, 0.29) is 27.1 Å². The zero-order valence-corrected chi connectivity index (χ0v) is 14.5. The summed E-state index contributed by atoms with van der Waals surface area (Å²) in [6.07, 6.45) is 4.62. The van der Waals surface area contributed by atoms with Crippen molar-refractivity contribution in [3.63, 3.8) is 0 Å². The SMILES string of the molecule is N[C-]1CCCC[C@H]1N.O=C(O[O-])C(=O)O[O-].O=C(O[O-])C(=O)O[O-].[Pt+4]. The minimum Gasteiger partial charge on any atom is -0.661 e. The van der Waals surface area contributed by atoms with Crippen LogP contribution in [0.25, 0.3) is 0 Å². The molecule has 1 saturated carbocycles. The average molecular weight is 548 g/mol. The maximum absolute atomic E-state index is 9.53. The molecule has 0 bridgehead atoms. The molecule has 4 N–H and O–H groups in total. The fraction of sp³-hybridized carbons (Fsp3) is 0.500. The third-order valence-electron chi connectivity index (χ3n) is 2.34. The molecule has 0 aromatic heterocycles. The third-order valence-corrected chi connectivity index (χ3v) is 2.34. The fourth-order valence-electron chi connectivity index (χ4n) is 1.20. The summed E-state index contributed by atoms with van der Waals surface area (Å²) in [6.45, 7) is 0. The van der Waals surface area contributed by atoms with Crippen LogP contribution in [0.5, 0.6) is 0 Å². The van der Waals surface area contributed by atoms with Crippen LogP contribution < -0.4 is 32.5 Å². The van der Waals surface area contributed by atoms with E-state index < -0.39 is 23.9 Å². The number of carbonyl (C=O) groups excluding carboxylic acids is 4. The first-order chi connectivity index (χ1) is 11.2. The van der Waals surface area contributed by atoms with Crippen LogP contribution in [-0.4, -0.2) is 29.9 Å². The Morgan fingerprint density at radius 1 is 0.800 bits per heavy atom. The van der Waals surface area contributed by atoms with Crippen LogP contribution in [-0.2, 0) is 59.8 Å². The number of hydrogen-bond donors (Lipinski definition) is 2. The second-order valence-electron chi connectivity index (χ2n) is 3.91. The van der Waals surface area contributed by atoms with E-state index in [0.717, 1.165) is 18.9 Å². The smallest absolute Gasteiger partial charge is 0.661 e. The van der Waals surface area contributed by atoms with E-state index in [9.17, 15) is 19.2 Å². The molecule has 1 rings (SSSR count). The molecule has 0 saturated heterocycles. The molecule has 15 heteroatoms. The predicted octanol–water partition coefficient (Wildman–Crippen LogP) is -6.38. The van der Waals surface area contributed by atoms with Gasteiger partial charge in [0.15, 0.2) is 0 Å². The van der Waals surface area contributed by atoms with Gasteiger partial charge in [-0.3, -0.25) is 0 Å².